The predicted molar refractivity (Wildman–Crippen MR) is 119 cm³/mol. The fourth-order valence-electron chi connectivity index (χ4n) is 3.80. The van der Waals surface area contributed by atoms with E-state index in [0.717, 1.165) is 12.8 Å². The smallest absolute Gasteiger partial charge is 0.350 e. The van der Waals surface area contributed by atoms with Gasteiger partial charge in [0.05, 0.1) is 9.82 Å². The molecule has 1 fully saturated rings. The van der Waals surface area contributed by atoms with Crippen molar-refractivity contribution in [1.29, 1.82) is 0 Å². The van der Waals surface area contributed by atoms with Crippen molar-refractivity contribution < 1.29 is 13.3 Å². The summed E-state index contributed by atoms with van der Waals surface area (Å²) in [5.74, 6) is 0.808. The molecule has 0 amide bonds. The fraction of sp³-hybridized carbons (Fsp3) is 0.500. The Kier molecular flexibility index (Phi) is 7.06. The number of benzene rings is 1. The summed E-state index contributed by atoms with van der Waals surface area (Å²) >= 11 is 0. The van der Waals surface area contributed by atoms with E-state index in [1.54, 1.807) is 26.0 Å². The van der Waals surface area contributed by atoms with Crippen LogP contribution in [0, 0.1) is 16.0 Å². The molecule has 1 aromatic carbocycles. The number of piperidine rings is 1. The van der Waals surface area contributed by atoms with E-state index in [4.69, 9.17) is 0 Å². The Morgan fingerprint density at radius 3 is 2.48 bits per heavy atom. The van der Waals surface area contributed by atoms with Crippen molar-refractivity contribution in [3.63, 3.8) is 0 Å². The van der Waals surface area contributed by atoms with Crippen LogP contribution in [0.3, 0.4) is 0 Å². The summed E-state index contributed by atoms with van der Waals surface area (Å²) in [6.45, 7) is 7.85. The maximum atomic E-state index is 12.6. The average Bonchev–Trinajstić information content (AvgIpc) is 2.74. The first-order valence-electron chi connectivity index (χ1n) is 10.4. The molecule has 0 saturated carbocycles. The van der Waals surface area contributed by atoms with Gasteiger partial charge in [-0.25, -0.2) is 18.4 Å². The van der Waals surface area contributed by atoms with Crippen LogP contribution in [0.15, 0.2) is 35.5 Å². The molecule has 10 nitrogen and oxygen atoms in total. The second-order valence-electron chi connectivity index (χ2n) is 7.58. The van der Waals surface area contributed by atoms with Crippen LogP contribution in [-0.4, -0.2) is 53.8 Å². The van der Waals surface area contributed by atoms with Crippen LogP contribution in [0.4, 0.5) is 23.0 Å². The lowest BCUT2D eigenvalue weighted by atomic mass is 10.0. The molecule has 168 valence electrons. The molecule has 31 heavy (non-hydrogen) atoms. The molecule has 0 radical (unpaired) electrons. The second kappa shape index (κ2) is 9.56. The van der Waals surface area contributed by atoms with Gasteiger partial charge in [-0.1, -0.05) is 20.8 Å². The minimum atomic E-state index is -3.57. The molecule has 2 heterocycles. The van der Waals surface area contributed by atoms with E-state index in [1.807, 2.05) is 4.90 Å². The maximum Gasteiger partial charge on any atom is 0.353 e. The van der Waals surface area contributed by atoms with Crippen molar-refractivity contribution in [2.24, 2.45) is 5.92 Å². The van der Waals surface area contributed by atoms with Gasteiger partial charge >= 0.3 is 5.69 Å². The molecule has 11 heteroatoms. The van der Waals surface area contributed by atoms with Crippen LogP contribution in [0.2, 0.25) is 0 Å². The van der Waals surface area contributed by atoms with Crippen molar-refractivity contribution in [3.8, 4) is 0 Å². The average molecular weight is 449 g/mol. The number of aromatic nitrogens is 2. The minimum Gasteiger partial charge on any atom is -0.350 e. The molecule has 1 saturated heterocycles. The summed E-state index contributed by atoms with van der Waals surface area (Å²) in [5.41, 5.74) is 0.315. The van der Waals surface area contributed by atoms with Gasteiger partial charge in [-0.2, -0.15) is 4.31 Å². The Bertz CT molecular complexity index is 1020. The summed E-state index contributed by atoms with van der Waals surface area (Å²) in [6.07, 6.45) is 3.35. The number of sulfonamides is 1. The van der Waals surface area contributed by atoms with Gasteiger partial charge in [0.25, 0.3) is 0 Å². The highest BCUT2D eigenvalue weighted by atomic mass is 32.2. The number of hydrogen-bond acceptors (Lipinski definition) is 8. The molecule has 1 N–H and O–H groups in total. The summed E-state index contributed by atoms with van der Waals surface area (Å²) in [6, 6.07) is 6.11. The van der Waals surface area contributed by atoms with Crippen LogP contribution in [0.5, 0.6) is 0 Å². The van der Waals surface area contributed by atoms with Gasteiger partial charge in [-0.15, -0.1) is 0 Å². The normalized spacial score (nSPS) is 17.0. The minimum absolute atomic E-state index is 0.0765. The Balaban J connectivity index is 1.89. The highest BCUT2D eigenvalue weighted by molar-refractivity contribution is 7.89. The number of rotatable bonds is 8. The third-order valence-electron chi connectivity index (χ3n) is 5.40. The Morgan fingerprint density at radius 1 is 1.23 bits per heavy atom. The molecular weight excluding hydrogens is 420 g/mol. The molecule has 1 atom stereocenters. The lowest BCUT2D eigenvalue weighted by Crippen LogP contribution is -2.35. The van der Waals surface area contributed by atoms with E-state index in [0.29, 0.717) is 43.6 Å². The molecule has 0 bridgehead atoms. The molecule has 1 aliphatic heterocycles. The third-order valence-corrected chi connectivity index (χ3v) is 7.47. The maximum absolute atomic E-state index is 12.6. The van der Waals surface area contributed by atoms with E-state index in [1.165, 1.54) is 22.8 Å². The first-order chi connectivity index (χ1) is 14.8. The lowest BCUT2D eigenvalue weighted by Gasteiger charge is -2.31. The fourth-order valence-corrected chi connectivity index (χ4v) is 5.26. The molecule has 0 spiro atoms. The van der Waals surface area contributed by atoms with Gasteiger partial charge in [0.1, 0.15) is 6.33 Å². The number of anilines is 3. The van der Waals surface area contributed by atoms with Gasteiger partial charge < -0.3 is 10.2 Å². The predicted octanol–water partition coefficient (Wildman–Crippen LogP) is 3.40. The van der Waals surface area contributed by atoms with Crippen molar-refractivity contribution in [1.82, 2.24) is 14.3 Å². The van der Waals surface area contributed by atoms with Crippen molar-refractivity contribution in [2.75, 3.05) is 36.4 Å². The molecule has 1 aliphatic rings. The Hall–Kier alpha value is -2.79. The zero-order chi connectivity index (χ0) is 22.6. The third kappa shape index (κ3) is 4.93. The highest BCUT2D eigenvalue weighted by Gasteiger charge is 2.29. The summed E-state index contributed by atoms with van der Waals surface area (Å²) < 4.78 is 26.7. The van der Waals surface area contributed by atoms with E-state index in [2.05, 4.69) is 22.2 Å². The summed E-state index contributed by atoms with van der Waals surface area (Å²) in [4.78, 5) is 21.8. The van der Waals surface area contributed by atoms with Crippen LogP contribution in [0.1, 0.15) is 33.6 Å². The van der Waals surface area contributed by atoms with E-state index < -0.39 is 14.9 Å². The van der Waals surface area contributed by atoms with Crippen LogP contribution < -0.4 is 10.2 Å². The molecule has 1 unspecified atom stereocenters. The van der Waals surface area contributed by atoms with Crippen molar-refractivity contribution in [3.05, 3.63) is 40.7 Å². The first kappa shape index (κ1) is 22.9. The van der Waals surface area contributed by atoms with Gasteiger partial charge in [-0.05, 0) is 43.0 Å². The lowest BCUT2D eigenvalue weighted by molar-refractivity contribution is -0.383. The van der Waals surface area contributed by atoms with Gasteiger partial charge in [0.2, 0.25) is 21.7 Å². The summed E-state index contributed by atoms with van der Waals surface area (Å²) in [7, 11) is -3.57. The first-order valence-corrected chi connectivity index (χ1v) is 11.8. The Labute approximate surface area is 182 Å². The molecule has 0 aliphatic carbocycles. The molecular formula is C20H28N6O4S. The van der Waals surface area contributed by atoms with Crippen molar-refractivity contribution >= 4 is 33.0 Å². The zero-order valence-corrected chi connectivity index (χ0v) is 18.8. The van der Waals surface area contributed by atoms with Crippen LogP contribution >= 0.6 is 0 Å². The SMILES string of the molecule is CCN(CC)S(=O)(=O)c1ccc(Nc2ncnc(N3CCCC(C)C3)c2[N+](=O)[O-])cc1. The number of nitro groups is 1. The number of nitrogens with one attached hydrogen (secondary N) is 1. The zero-order valence-electron chi connectivity index (χ0n) is 18.0. The van der Waals surface area contributed by atoms with Gasteiger partial charge in [0.15, 0.2) is 0 Å². The highest BCUT2D eigenvalue weighted by Crippen LogP contribution is 2.35. The monoisotopic (exact) mass is 448 g/mol. The van der Waals surface area contributed by atoms with E-state index in [-0.39, 0.29) is 16.4 Å². The molecule has 3 rings (SSSR count). The van der Waals surface area contributed by atoms with Gasteiger partial charge in [-0.3, -0.25) is 10.1 Å². The standard InChI is InChI=1S/C20H28N6O4S/c1-4-25(5-2)31(29,30)17-10-8-16(9-11-17)23-19-18(26(27)28)20(22-14-21-19)24-12-6-7-15(3)13-24/h8-11,14-15H,4-7,12-13H2,1-3H3,(H,21,22,23). The van der Waals surface area contributed by atoms with Gasteiger partial charge in [0, 0.05) is 31.9 Å². The van der Waals surface area contributed by atoms with Crippen LogP contribution in [-0.2, 0) is 10.0 Å². The largest absolute Gasteiger partial charge is 0.353 e. The summed E-state index contributed by atoms with van der Waals surface area (Å²) in [5, 5.41) is 14.8. The van der Waals surface area contributed by atoms with E-state index in [9.17, 15) is 18.5 Å². The quantitative estimate of drug-likeness (QED) is 0.482. The topological polar surface area (TPSA) is 122 Å². The molecule has 2 aromatic rings. The second-order valence-corrected chi connectivity index (χ2v) is 9.52. The number of nitrogens with zero attached hydrogens (tertiary/aromatic N) is 5. The van der Waals surface area contributed by atoms with Crippen molar-refractivity contribution in [2.45, 2.75) is 38.5 Å². The number of hydrogen-bond donors (Lipinski definition) is 1. The molecule has 1 aromatic heterocycles. The van der Waals surface area contributed by atoms with Crippen LogP contribution in [0.25, 0.3) is 0 Å². The Morgan fingerprint density at radius 2 is 1.90 bits per heavy atom. The van der Waals surface area contributed by atoms with E-state index >= 15 is 0 Å².